The Hall–Kier alpha value is -4.20. The van der Waals surface area contributed by atoms with Crippen molar-refractivity contribution in [2.75, 3.05) is 43.4 Å². The molecule has 0 fully saturated rings. The van der Waals surface area contributed by atoms with Crippen molar-refractivity contribution in [1.82, 2.24) is 9.80 Å². The minimum Gasteiger partial charge on any atom is -0.490 e. The zero-order chi connectivity index (χ0) is 34.8. The number of benzene rings is 3. The van der Waals surface area contributed by atoms with Crippen LogP contribution in [0.5, 0.6) is 5.75 Å². The van der Waals surface area contributed by atoms with E-state index in [1.54, 1.807) is 44.3 Å². The Kier molecular flexibility index (Phi) is 12.8. The van der Waals surface area contributed by atoms with E-state index in [1.165, 1.54) is 52.3 Å². The molecule has 11 nitrogen and oxygen atoms in total. The SMILES string of the molecule is C[C@@H]1CCCCO[C@H](CN(C)C(=O)Nc2ccc(F)cc2)[C@@H](C)CN([C@@H](C)CO)C(=O)c2cc(NS(=O)(=O)c3ccccc3)ccc2O1. The number of aliphatic hydroxyl groups is 1. The van der Waals surface area contributed by atoms with Crippen molar-refractivity contribution in [3.8, 4) is 5.75 Å². The minimum absolute atomic E-state index is 0.0768. The molecular formula is C35H45FN4O7S. The lowest BCUT2D eigenvalue weighted by molar-refractivity contribution is -0.0115. The Morgan fingerprint density at radius 1 is 1.06 bits per heavy atom. The molecule has 1 aliphatic heterocycles. The standard InChI is InChI=1S/C35H45FN4O7S/c1-24-21-40(25(2)23-41)34(42)31-20-29(38-48(44,45)30-11-6-5-7-12-30)17-18-32(31)47-26(3)10-8-9-19-46-33(24)22-39(4)35(43)37-28-15-13-27(36)14-16-28/h5-7,11-18,20,24-26,33,38,41H,8-10,19,21-23H2,1-4H3,(H,37,43)/t24-,25-,26+,33+/m0/s1. The third-order valence-corrected chi connectivity index (χ3v) is 9.65. The number of halogens is 1. The number of hydrogen-bond donors (Lipinski definition) is 3. The molecule has 0 aliphatic carbocycles. The second-order valence-corrected chi connectivity index (χ2v) is 13.9. The van der Waals surface area contributed by atoms with Crippen molar-refractivity contribution >= 4 is 33.3 Å². The van der Waals surface area contributed by atoms with Crippen LogP contribution in [0.2, 0.25) is 0 Å². The van der Waals surface area contributed by atoms with Gasteiger partial charge in [-0.2, -0.15) is 0 Å². The first-order chi connectivity index (χ1) is 22.9. The molecule has 13 heteroatoms. The van der Waals surface area contributed by atoms with Crippen LogP contribution in [0.1, 0.15) is 50.4 Å². The van der Waals surface area contributed by atoms with Gasteiger partial charge in [-0.3, -0.25) is 9.52 Å². The van der Waals surface area contributed by atoms with E-state index in [0.717, 1.165) is 12.8 Å². The van der Waals surface area contributed by atoms with Crippen LogP contribution in [0.15, 0.2) is 77.7 Å². The van der Waals surface area contributed by atoms with Gasteiger partial charge in [0.25, 0.3) is 15.9 Å². The summed E-state index contributed by atoms with van der Waals surface area (Å²) < 4.78 is 54.6. The third kappa shape index (κ3) is 9.91. The first kappa shape index (κ1) is 36.6. The van der Waals surface area contributed by atoms with Crippen molar-refractivity contribution in [1.29, 1.82) is 0 Å². The van der Waals surface area contributed by atoms with Crippen molar-refractivity contribution in [3.05, 3.63) is 84.2 Å². The van der Waals surface area contributed by atoms with E-state index in [1.807, 2.05) is 13.8 Å². The second-order valence-electron chi connectivity index (χ2n) is 12.2. The number of ether oxygens (including phenoxy) is 2. The molecule has 3 aromatic carbocycles. The van der Waals surface area contributed by atoms with E-state index in [4.69, 9.17) is 9.47 Å². The Balaban J connectivity index is 1.62. The quantitative estimate of drug-likeness (QED) is 0.282. The lowest BCUT2D eigenvalue weighted by Gasteiger charge is -2.35. The number of anilines is 2. The molecule has 0 bridgehead atoms. The summed E-state index contributed by atoms with van der Waals surface area (Å²) >= 11 is 0. The number of hydrogen-bond acceptors (Lipinski definition) is 7. The van der Waals surface area contributed by atoms with Gasteiger partial charge in [-0.1, -0.05) is 25.1 Å². The van der Waals surface area contributed by atoms with E-state index >= 15 is 0 Å². The summed E-state index contributed by atoms with van der Waals surface area (Å²) in [7, 11) is -2.30. The normalized spacial score (nSPS) is 20.1. The lowest BCUT2D eigenvalue weighted by atomic mass is 10.0. The molecule has 48 heavy (non-hydrogen) atoms. The maximum atomic E-state index is 14.3. The molecule has 3 N–H and O–H groups in total. The summed E-state index contributed by atoms with van der Waals surface area (Å²) in [6.45, 7) is 6.00. The molecule has 0 saturated carbocycles. The van der Waals surface area contributed by atoms with E-state index in [-0.39, 0.29) is 47.9 Å². The van der Waals surface area contributed by atoms with Crippen molar-refractivity contribution in [2.45, 2.75) is 63.2 Å². The van der Waals surface area contributed by atoms with E-state index in [0.29, 0.717) is 24.5 Å². The van der Waals surface area contributed by atoms with Gasteiger partial charge in [-0.25, -0.2) is 17.6 Å². The van der Waals surface area contributed by atoms with Crippen molar-refractivity contribution in [2.24, 2.45) is 5.92 Å². The number of carbonyl (C=O) groups excluding carboxylic acids is 2. The first-order valence-corrected chi connectivity index (χ1v) is 17.6. The average molecular weight is 685 g/mol. The Morgan fingerprint density at radius 3 is 2.44 bits per heavy atom. The summed E-state index contributed by atoms with van der Waals surface area (Å²) in [5.74, 6) is -0.854. The van der Waals surface area contributed by atoms with Crippen molar-refractivity contribution < 1.29 is 37.0 Å². The Labute approximate surface area is 282 Å². The maximum absolute atomic E-state index is 14.3. The molecule has 4 atom stereocenters. The number of fused-ring (bicyclic) bond motifs is 1. The van der Waals surface area contributed by atoms with Gasteiger partial charge in [0.1, 0.15) is 11.6 Å². The van der Waals surface area contributed by atoms with Crippen molar-refractivity contribution in [3.63, 3.8) is 0 Å². The summed E-state index contributed by atoms with van der Waals surface area (Å²) in [5.41, 5.74) is 0.776. The number of rotatable bonds is 8. The number of nitrogens with zero attached hydrogens (tertiary/aromatic N) is 2. The molecule has 0 radical (unpaired) electrons. The molecule has 0 saturated heterocycles. The highest BCUT2D eigenvalue weighted by atomic mass is 32.2. The predicted octanol–water partition coefficient (Wildman–Crippen LogP) is 5.59. The molecule has 0 aromatic heterocycles. The molecule has 1 heterocycles. The van der Waals surface area contributed by atoms with Gasteiger partial charge in [-0.05, 0) is 87.7 Å². The Bertz CT molecular complexity index is 1630. The highest BCUT2D eigenvalue weighted by Gasteiger charge is 2.31. The summed E-state index contributed by atoms with van der Waals surface area (Å²) in [4.78, 5) is 30.4. The monoisotopic (exact) mass is 684 g/mol. The fraction of sp³-hybridized carbons (Fsp3) is 0.429. The topological polar surface area (TPSA) is 138 Å². The predicted molar refractivity (Wildman–Crippen MR) is 182 cm³/mol. The van der Waals surface area contributed by atoms with Gasteiger partial charge in [0.05, 0.1) is 35.3 Å². The van der Waals surface area contributed by atoms with Crippen LogP contribution in [0.3, 0.4) is 0 Å². The number of likely N-dealkylation sites (N-methyl/N-ethyl adjacent to an activating group) is 1. The number of urea groups is 1. The van der Waals surface area contributed by atoms with Crippen LogP contribution in [-0.4, -0.2) is 86.9 Å². The molecule has 4 rings (SSSR count). The van der Waals surface area contributed by atoms with Gasteiger partial charge < -0.3 is 29.7 Å². The van der Waals surface area contributed by atoms with Gasteiger partial charge in [0.15, 0.2) is 0 Å². The fourth-order valence-corrected chi connectivity index (χ4v) is 6.44. The largest absolute Gasteiger partial charge is 0.490 e. The van der Waals surface area contributed by atoms with Crippen LogP contribution in [0.25, 0.3) is 0 Å². The smallest absolute Gasteiger partial charge is 0.321 e. The number of nitrogens with one attached hydrogen (secondary N) is 2. The fourth-order valence-electron chi connectivity index (χ4n) is 5.37. The molecule has 260 valence electrons. The first-order valence-electron chi connectivity index (χ1n) is 16.1. The number of aliphatic hydroxyl groups excluding tert-OH is 1. The molecule has 0 unspecified atom stereocenters. The number of sulfonamides is 1. The van der Waals surface area contributed by atoms with Gasteiger partial charge in [-0.15, -0.1) is 0 Å². The molecule has 3 aromatic rings. The minimum atomic E-state index is -3.93. The van der Waals surface area contributed by atoms with Crippen LogP contribution < -0.4 is 14.8 Å². The van der Waals surface area contributed by atoms with Crippen LogP contribution in [0.4, 0.5) is 20.6 Å². The lowest BCUT2D eigenvalue weighted by Crippen LogP contribution is -2.48. The molecule has 0 spiro atoms. The molecule has 1 aliphatic rings. The van der Waals surface area contributed by atoms with Crippen LogP contribution in [-0.2, 0) is 14.8 Å². The summed E-state index contributed by atoms with van der Waals surface area (Å²) in [6, 6.07) is 17.0. The van der Waals surface area contributed by atoms with E-state index in [9.17, 15) is 27.5 Å². The second kappa shape index (κ2) is 16.8. The number of amides is 3. The summed E-state index contributed by atoms with van der Waals surface area (Å²) in [6.07, 6.45) is 1.47. The maximum Gasteiger partial charge on any atom is 0.321 e. The summed E-state index contributed by atoms with van der Waals surface area (Å²) in [5, 5.41) is 12.9. The average Bonchev–Trinajstić information content (AvgIpc) is 3.07. The van der Waals surface area contributed by atoms with E-state index in [2.05, 4.69) is 10.0 Å². The number of carbonyl (C=O) groups is 2. The van der Waals surface area contributed by atoms with E-state index < -0.39 is 39.9 Å². The highest BCUT2D eigenvalue weighted by Crippen LogP contribution is 2.29. The zero-order valence-corrected chi connectivity index (χ0v) is 28.6. The highest BCUT2D eigenvalue weighted by molar-refractivity contribution is 7.92. The van der Waals surface area contributed by atoms with Crippen LogP contribution in [0, 0.1) is 11.7 Å². The zero-order valence-electron chi connectivity index (χ0n) is 27.8. The van der Waals surface area contributed by atoms with Crippen LogP contribution >= 0.6 is 0 Å². The van der Waals surface area contributed by atoms with Gasteiger partial charge >= 0.3 is 6.03 Å². The van der Waals surface area contributed by atoms with Gasteiger partial charge in [0.2, 0.25) is 0 Å². The Morgan fingerprint density at radius 2 is 1.75 bits per heavy atom. The molecular weight excluding hydrogens is 639 g/mol. The van der Waals surface area contributed by atoms with Gasteiger partial charge in [0, 0.05) is 44.0 Å². The molecule has 3 amide bonds. The third-order valence-electron chi connectivity index (χ3n) is 8.25.